The van der Waals surface area contributed by atoms with Crippen LogP contribution in [0.3, 0.4) is 0 Å². The summed E-state index contributed by atoms with van der Waals surface area (Å²) >= 11 is 5.99. The average Bonchev–Trinajstić information content (AvgIpc) is 2.84. The Kier molecular flexibility index (Phi) is 4.50. The van der Waals surface area contributed by atoms with Crippen LogP contribution in [0.15, 0.2) is 29.4 Å². The molecule has 0 spiro atoms. The molecule has 1 aromatic heterocycles. The normalized spacial score (nSPS) is 11.9. The second-order valence-electron chi connectivity index (χ2n) is 4.64. The van der Waals surface area contributed by atoms with Crippen molar-refractivity contribution in [1.29, 1.82) is 0 Å². The highest BCUT2D eigenvalue weighted by Crippen LogP contribution is 2.27. The first kappa shape index (κ1) is 15.7. The number of hydrogen-bond donors (Lipinski definition) is 1. The molecule has 2 N–H and O–H groups in total. The molecular formula is C12H15ClN4O3S. The molecule has 9 heteroatoms. The fourth-order valence-corrected chi connectivity index (χ4v) is 2.57. The number of primary sulfonamides is 1. The molecule has 0 aliphatic carbocycles. The van der Waals surface area contributed by atoms with Gasteiger partial charge in [0.2, 0.25) is 10.0 Å². The van der Waals surface area contributed by atoms with Gasteiger partial charge in [-0.2, -0.15) is 5.10 Å². The molecule has 0 saturated heterocycles. The molecular weight excluding hydrogens is 316 g/mol. The van der Waals surface area contributed by atoms with E-state index >= 15 is 0 Å². The van der Waals surface area contributed by atoms with Crippen LogP contribution in [-0.4, -0.2) is 23.2 Å². The lowest BCUT2D eigenvalue weighted by molar-refractivity contribution is 0.282. The minimum absolute atomic E-state index is 0.0646. The van der Waals surface area contributed by atoms with Crippen molar-refractivity contribution in [3.05, 3.63) is 35.4 Å². The van der Waals surface area contributed by atoms with Crippen molar-refractivity contribution in [2.45, 2.75) is 31.4 Å². The summed E-state index contributed by atoms with van der Waals surface area (Å²) in [5, 5.41) is 9.29. The highest BCUT2D eigenvalue weighted by atomic mass is 35.5. The third-order valence-electron chi connectivity index (χ3n) is 2.73. The quantitative estimate of drug-likeness (QED) is 0.900. The summed E-state index contributed by atoms with van der Waals surface area (Å²) in [5.74, 6) is 0.999. The largest absolute Gasteiger partial charge is 0.484 e. The summed E-state index contributed by atoms with van der Waals surface area (Å²) in [5.41, 5.74) is 0. The predicted molar refractivity (Wildman–Crippen MR) is 77.6 cm³/mol. The maximum Gasteiger partial charge on any atom is 0.238 e. The van der Waals surface area contributed by atoms with Gasteiger partial charge < -0.3 is 4.74 Å². The zero-order chi connectivity index (χ0) is 15.6. The van der Waals surface area contributed by atoms with Gasteiger partial charge in [0.25, 0.3) is 0 Å². The van der Waals surface area contributed by atoms with E-state index in [9.17, 15) is 8.42 Å². The molecule has 1 aromatic carbocycles. The van der Waals surface area contributed by atoms with Crippen molar-refractivity contribution in [1.82, 2.24) is 14.8 Å². The van der Waals surface area contributed by atoms with Gasteiger partial charge in [0.15, 0.2) is 5.82 Å². The number of benzene rings is 1. The number of nitrogens with zero attached hydrogens (tertiary/aromatic N) is 3. The Morgan fingerprint density at radius 2 is 2.14 bits per heavy atom. The Morgan fingerprint density at radius 1 is 1.43 bits per heavy atom. The number of halogens is 1. The Labute approximate surface area is 127 Å². The van der Waals surface area contributed by atoms with E-state index in [1.54, 1.807) is 4.68 Å². The van der Waals surface area contributed by atoms with Crippen LogP contribution in [0.4, 0.5) is 0 Å². The number of ether oxygens (including phenoxy) is 1. The fraction of sp³-hybridized carbons (Fsp3) is 0.333. The molecule has 0 radical (unpaired) electrons. The lowest BCUT2D eigenvalue weighted by Crippen LogP contribution is -2.12. The summed E-state index contributed by atoms with van der Waals surface area (Å²) in [6.07, 6.45) is 1.45. The van der Waals surface area contributed by atoms with Crippen molar-refractivity contribution in [2.75, 3.05) is 0 Å². The summed E-state index contributed by atoms with van der Waals surface area (Å²) < 4.78 is 29.7. The van der Waals surface area contributed by atoms with Crippen molar-refractivity contribution < 1.29 is 13.2 Å². The Hall–Kier alpha value is -1.64. The van der Waals surface area contributed by atoms with E-state index in [1.165, 1.54) is 24.5 Å². The predicted octanol–water partition coefficient (Wildman–Crippen LogP) is 1.74. The van der Waals surface area contributed by atoms with Gasteiger partial charge in [0.1, 0.15) is 18.7 Å². The minimum atomic E-state index is -3.78. The molecule has 0 amide bonds. The molecule has 114 valence electrons. The van der Waals surface area contributed by atoms with Crippen LogP contribution in [0.2, 0.25) is 5.02 Å². The summed E-state index contributed by atoms with van der Waals surface area (Å²) in [6.45, 7) is 4.13. The van der Waals surface area contributed by atoms with Crippen LogP contribution >= 0.6 is 11.6 Å². The van der Waals surface area contributed by atoms with E-state index in [2.05, 4.69) is 10.1 Å². The highest BCUT2D eigenvalue weighted by molar-refractivity contribution is 7.89. The smallest absolute Gasteiger partial charge is 0.238 e. The third kappa shape index (κ3) is 3.72. The summed E-state index contributed by atoms with van der Waals surface area (Å²) in [6, 6.07) is 4.20. The van der Waals surface area contributed by atoms with Crippen molar-refractivity contribution in [3.63, 3.8) is 0 Å². The Bertz CT molecular complexity index is 743. The second kappa shape index (κ2) is 6.00. The lowest BCUT2D eigenvalue weighted by Gasteiger charge is -2.11. The number of sulfonamides is 1. The number of hydrogen-bond acceptors (Lipinski definition) is 5. The number of rotatable bonds is 5. The van der Waals surface area contributed by atoms with Crippen molar-refractivity contribution >= 4 is 21.6 Å². The van der Waals surface area contributed by atoms with Crippen molar-refractivity contribution in [2.24, 2.45) is 5.14 Å². The molecule has 0 aliphatic heterocycles. The van der Waals surface area contributed by atoms with Gasteiger partial charge in [-0.1, -0.05) is 11.6 Å². The summed E-state index contributed by atoms with van der Waals surface area (Å²) in [7, 11) is -3.78. The molecule has 0 bridgehead atoms. The topological polar surface area (TPSA) is 100 Å². The summed E-state index contributed by atoms with van der Waals surface area (Å²) in [4.78, 5) is 4.04. The molecule has 2 rings (SSSR count). The van der Waals surface area contributed by atoms with Gasteiger partial charge in [-0.3, -0.25) is 0 Å². The van der Waals surface area contributed by atoms with Crippen LogP contribution in [-0.2, 0) is 16.6 Å². The number of nitrogens with two attached hydrogens (primary N) is 1. The van der Waals surface area contributed by atoms with Gasteiger partial charge in [-0.15, -0.1) is 0 Å². The van der Waals surface area contributed by atoms with E-state index in [-0.39, 0.29) is 22.6 Å². The van der Waals surface area contributed by atoms with E-state index in [0.717, 1.165) is 0 Å². The molecule has 21 heavy (non-hydrogen) atoms. The SMILES string of the molecule is CC(C)n1ncnc1COc1ccc(S(N)(=O)=O)cc1Cl. The molecule has 0 unspecified atom stereocenters. The molecule has 0 atom stereocenters. The van der Waals surface area contributed by atoms with Gasteiger partial charge in [0, 0.05) is 6.04 Å². The zero-order valence-electron chi connectivity index (χ0n) is 11.5. The van der Waals surface area contributed by atoms with Crippen LogP contribution in [0.1, 0.15) is 25.7 Å². The van der Waals surface area contributed by atoms with E-state index in [4.69, 9.17) is 21.5 Å². The molecule has 0 aliphatic rings. The minimum Gasteiger partial charge on any atom is -0.484 e. The first-order valence-corrected chi connectivity index (χ1v) is 8.05. The van der Waals surface area contributed by atoms with Gasteiger partial charge in [-0.05, 0) is 32.0 Å². The van der Waals surface area contributed by atoms with E-state index < -0.39 is 10.0 Å². The van der Waals surface area contributed by atoms with E-state index in [0.29, 0.717) is 11.6 Å². The second-order valence-corrected chi connectivity index (χ2v) is 6.61. The monoisotopic (exact) mass is 330 g/mol. The molecule has 1 heterocycles. The van der Waals surface area contributed by atoms with Crippen molar-refractivity contribution in [3.8, 4) is 5.75 Å². The Morgan fingerprint density at radius 3 is 2.71 bits per heavy atom. The molecule has 2 aromatic rings. The van der Waals surface area contributed by atoms with Gasteiger partial charge in [-0.25, -0.2) is 23.2 Å². The average molecular weight is 331 g/mol. The maximum atomic E-state index is 11.2. The molecule has 0 fully saturated rings. The van der Waals surface area contributed by atoms with Crippen LogP contribution in [0, 0.1) is 0 Å². The first-order valence-electron chi connectivity index (χ1n) is 6.12. The van der Waals surface area contributed by atoms with Crippen LogP contribution in [0.5, 0.6) is 5.75 Å². The maximum absolute atomic E-state index is 11.2. The lowest BCUT2D eigenvalue weighted by atomic mass is 10.3. The molecule has 7 nitrogen and oxygen atoms in total. The van der Waals surface area contributed by atoms with Crippen LogP contribution < -0.4 is 9.88 Å². The fourth-order valence-electron chi connectivity index (χ4n) is 1.73. The third-order valence-corrected chi connectivity index (χ3v) is 3.93. The van der Waals surface area contributed by atoms with Gasteiger partial charge in [0.05, 0.1) is 9.92 Å². The van der Waals surface area contributed by atoms with E-state index in [1.807, 2.05) is 13.8 Å². The number of aromatic nitrogens is 3. The Balaban J connectivity index is 2.16. The first-order chi connectivity index (χ1) is 9.79. The molecule has 0 saturated carbocycles. The highest BCUT2D eigenvalue weighted by Gasteiger charge is 2.13. The zero-order valence-corrected chi connectivity index (χ0v) is 13.1. The van der Waals surface area contributed by atoms with Crippen LogP contribution in [0.25, 0.3) is 0 Å². The van der Waals surface area contributed by atoms with Gasteiger partial charge >= 0.3 is 0 Å². The standard InChI is InChI=1S/C12H15ClN4O3S/c1-8(2)17-12(15-7-16-17)6-20-11-4-3-9(5-10(11)13)21(14,18)19/h3-5,7-8H,6H2,1-2H3,(H2,14,18,19).